The summed E-state index contributed by atoms with van der Waals surface area (Å²) in [7, 11) is 0. The van der Waals surface area contributed by atoms with Crippen LogP contribution in [0.4, 0.5) is 0 Å². The van der Waals surface area contributed by atoms with E-state index in [1.54, 1.807) is 12.4 Å². The average Bonchev–Trinajstić information content (AvgIpc) is 3.35. The summed E-state index contributed by atoms with van der Waals surface area (Å²) in [5, 5.41) is 8.05. The highest BCUT2D eigenvalue weighted by Crippen LogP contribution is 2.31. The first kappa shape index (κ1) is 17.5. The minimum atomic E-state index is 0.0404. The number of nitrogens with one attached hydrogen (secondary N) is 1. The summed E-state index contributed by atoms with van der Waals surface area (Å²) in [5.74, 6) is 0.635. The molecular weight excluding hydrogens is 340 g/mol. The highest BCUT2D eigenvalue weighted by atomic mass is 16.5. The van der Waals surface area contributed by atoms with Gasteiger partial charge in [0, 0.05) is 30.2 Å². The fraction of sp³-hybridized carbons (Fsp3) is 0.381. The van der Waals surface area contributed by atoms with Crippen LogP contribution in [0.5, 0.6) is 5.88 Å². The summed E-state index contributed by atoms with van der Waals surface area (Å²) < 4.78 is 5.69. The van der Waals surface area contributed by atoms with Crippen molar-refractivity contribution < 1.29 is 9.53 Å². The van der Waals surface area contributed by atoms with E-state index in [0.717, 1.165) is 34.9 Å². The van der Waals surface area contributed by atoms with Crippen LogP contribution in [0.25, 0.3) is 10.9 Å². The summed E-state index contributed by atoms with van der Waals surface area (Å²) in [5.41, 5.74) is 3.56. The van der Waals surface area contributed by atoms with E-state index in [1.807, 2.05) is 49.9 Å². The molecule has 1 aliphatic carbocycles. The number of benzene rings is 1. The van der Waals surface area contributed by atoms with E-state index in [0.29, 0.717) is 24.0 Å². The van der Waals surface area contributed by atoms with Crippen molar-refractivity contribution in [1.82, 2.24) is 20.1 Å². The first-order valence-electron chi connectivity index (χ1n) is 9.37. The number of aromatic nitrogens is 3. The Labute approximate surface area is 158 Å². The summed E-state index contributed by atoms with van der Waals surface area (Å²) in [4.78, 5) is 19.6. The lowest BCUT2D eigenvalue weighted by atomic mass is 10.1. The molecule has 0 bridgehead atoms. The maximum absolute atomic E-state index is 13.4. The molecule has 4 rings (SSSR count). The third-order valence-corrected chi connectivity index (χ3v) is 4.68. The van der Waals surface area contributed by atoms with Crippen molar-refractivity contribution in [3.8, 4) is 5.88 Å². The molecule has 0 saturated heterocycles. The summed E-state index contributed by atoms with van der Waals surface area (Å²) in [6, 6.07) is 8.13. The molecule has 2 heterocycles. The van der Waals surface area contributed by atoms with E-state index in [4.69, 9.17) is 4.74 Å². The minimum Gasteiger partial charge on any atom is -0.475 e. The van der Waals surface area contributed by atoms with Crippen LogP contribution in [0, 0.1) is 6.92 Å². The van der Waals surface area contributed by atoms with Crippen molar-refractivity contribution in [2.45, 2.75) is 52.3 Å². The molecule has 0 unspecified atom stereocenters. The lowest BCUT2D eigenvalue weighted by Gasteiger charge is -2.23. The molecule has 27 heavy (non-hydrogen) atoms. The van der Waals surface area contributed by atoms with Crippen molar-refractivity contribution >= 4 is 16.8 Å². The predicted octanol–water partition coefficient (Wildman–Crippen LogP) is 3.86. The summed E-state index contributed by atoms with van der Waals surface area (Å²) in [6.45, 7) is 6.50. The number of hydrogen-bond acceptors (Lipinski definition) is 4. The van der Waals surface area contributed by atoms with Crippen LogP contribution in [-0.4, -0.2) is 38.1 Å². The minimum absolute atomic E-state index is 0.0404. The van der Waals surface area contributed by atoms with Crippen LogP contribution in [0.3, 0.4) is 0 Å². The van der Waals surface area contributed by atoms with E-state index in [1.165, 1.54) is 0 Å². The Hall–Kier alpha value is -2.89. The number of amides is 1. The highest BCUT2D eigenvalue weighted by Gasteiger charge is 2.34. The molecule has 1 aliphatic rings. The molecule has 3 aromatic rings. The van der Waals surface area contributed by atoms with Gasteiger partial charge in [-0.2, -0.15) is 5.10 Å². The van der Waals surface area contributed by atoms with Gasteiger partial charge in [-0.1, -0.05) is 0 Å². The topological polar surface area (TPSA) is 71.1 Å². The quantitative estimate of drug-likeness (QED) is 0.721. The Morgan fingerprint density at radius 2 is 2.15 bits per heavy atom. The Balaban J connectivity index is 1.63. The van der Waals surface area contributed by atoms with Crippen molar-refractivity contribution in [2.24, 2.45) is 0 Å². The Kier molecular flexibility index (Phi) is 4.56. The van der Waals surface area contributed by atoms with Gasteiger partial charge in [0.05, 0.1) is 23.4 Å². The van der Waals surface area contributed by atoms with Crippen LogP contribution in [0.1, 0.15) is 48.2 Å². The van der Waals surface area contributed by atoms with Gasteiger partial charge in [0.1, 0.15) is 0 Å². The summed E-state index contributed by atoms with van der Waals surface area (Å²) in [6.07, 6.45) is 5.66. The van der Waals surface area contributed by atoms with Crippen LogP contribution < -0.4 is 4.74 Å². The van der Waals surface area contributed by atoms with Gasteiger partial charge >= 0.3 is 0 Å². The third-order valence-electron chi connectivity index (χ3n) is 4.68. The van der Waals surface area contributed by atoms with Gasteiger partial charge in [-0.3, -0.25) is 9.89 Å². The molecular formula is C21H24N4O2. The second-order valence-electron chi connectivity index (χ2n) is 7.48. The standard InChI is InChI=1S/C21H24N4O2/c1-13(2)27-19-10-15(6-7-22-19)12-25(17-4-5-17)21(26)18-9-14(3)8-16-11-23-24-20(16)18/h6-11,13,17H,4-5,12H2,1-3H3,(H,23,24). The molecule has 1 fully saturated rings. The van der Waals surface area contributed by atoms with Gasteiger partial charge < -0.3 is 9.64 Å². The molecule has 6 nitrogen and oxygen atoms in total. The lowest BCUT2D eigenvalue weighted by molar-refractivity contribution is 0.0731. The molecule has 0 atom stereocenters. The van der Waals surface area contributed by atoms with Crippen LogP contribution >= 0.6 is 0 Å². The van der Waals surface area contributed by atoms with Crippen LogP contribution in [0.15, 0.2) is 36.7 Å². The number of ether oxygens (including phenoxy) is 1. The Bertz CT molecular complexity index is 975. The van der Waals surface area contributed by atoms with Crippen molar-refractivity contribution in [3.63, 3.8) is 0 Å². The fourth-order valence-electron chi connectivity index (χ4n) is 3.34. The Morgan fingerprint density at radius 3 is 2.89 bits per heavy atom. The van der Waals surface area contributed by atoms with Crippen molar-refractivity contribution in [1.29, 1.82) is 0 Å². The van der Waals surface area contributed by atoms with Gasteiger partial charge in [0.15, 0.2) is 0 Å². The fourth-order valence-corrected chi connectivity index (χ4v) is 3.34. The van der Waals surface area contributed by atoms with Crippen molar-refractivity contribution in [2.75, 3.05) is 0 Å². The molecule has 2 aromatic heterocycles. The maximum Gasteiger partial charge on any atom is 0.256 e. The van der Waals surface area contributed by atoms with Gasteiger partial charge in [0.2, 0.25) is 5.88 Å². The third kappa shape index (κ3) is 3.79. The second-order valence-corrected chi connectivity index (χ2v) is 7.48. The summed E-state index contributed by atoms with van der Waals surface area (Å²) >= 11 is 0. The van der Waals surface area contributed by atoms with Crippen LogP contribution in [-0.2, 0) is 6.54 Å². The monoisotopic (exact) mass is 364 g/mol. The number of nitrogens with zero attached hydrogens (tertiary/aromatic N) is 3. The van der Waals surface area contributed by atoms with Crippen LogP contribution in [0.2, 0.25) is 0 Å². The molecule has 6 heteroatoms. The number of pyridine rings is 1. The number of carbonyl (C=O) groups excluding carboxylic acids is 1. The molecule has 0 spiro atoms. The average molecular weight is 364 g/mol. The number of hydrogen-bond donors (Lipinski definition) is 1. The number of fused-ring (bicyclic) bond motifs is 1. The smallest absolute Gasteiger partial charge is 0.256 e. The van der Waals surface area contributed by atoms with Gasteiger partial charge in [-0.25, -0.2) is 4.98 Å². The van der Waals surface area contributed by atoms with E-state index in [-0.39, 0.29) is 12.0 Å². The van der Waals surface area contributed by atoms with E-state index in [9.17, 15) is 4.79 Å². The SMILES string of the molecule is Cc1cc(C(=O)N(Cc2ccnc(OC(C)C)c2)C2CC2)c2[nH]ncc2c1. The number of carbonyl (C=O) groups is 1. The van der Waals surface area contributed by atoms with E-state index in [2.05, 4.69) is 15.2 Å². The van der Waals surface area contributed by atoms with E-state index < -0.39 is 0 Å². The first-order valence-corrected chi connectivity index (χ1v) is 9.37. The first-order chi connectivity index (χ1) is 13.0. The number of H-pyrrole nitrogens is 1. The van der Waals surface area contributed by atoms with E-state index >= 15 is 0 Å². The van der Waals surface area contributed by atoms with Gasteiger partial charge in [-0.05, 0) is 62.9 Å². The van der Waals surface area contributed by atoms with Gasteiger partial charge in [0.25, 0.3) is 5.91 Å². The van der Waals surface area contributed by atoms with Crippen molar-refractivity contribution in [3.05, 3.63) is 53.3 Å². The zero-order chi connectivity index (χ0) is 19.0. The number of rotatable bonds is 6. The number of aromatic amines is 1. The largest absolute Gasteiger partial charge is 0.475 e. The molecule has 0 radical (unpaired) electrons. The zero-order valence-electron chi connectivity index (χ0n) is 15.9. The zero-order valence-corrected chi connectivity index (χ0v) is 15.9. The molecule has 1 N–H and O–H groups in total. The predicted molar refractivity (Wildman–Crippen MR) is 104 cm³/mol. The maximum atomic E-state index is 13.4. The lowest BCUT2D eigenvalue weighted by Crippen LogP contribution is -2.33. The molecule has 0 aliphatic heterocycles. The van der Waals surface area contributed by atoms with Gasteiger partial charge in [-0.15, -0.1) is 0 Å². The number of aryl methyl sites for hydroxylation is 1. The molecule has 1 saturated carbocycles. The molecule has 1 aromatic carbocycles. The molecule has 140 valence electrons. The Morgan fingerprint density at radius 1 is 1.33 bits per heavy atom. The molecule has 1 amide bonds. The normalized spacial score (nSPS) is 13.9. The second kappa shape index (κ2) is 7.02. The highest BCUT2D eigenvalue weighted by molar-refractivity contribution is 6.05.